The number of aryl methyl sites for hydroxylation is 1. The molecule has 23 heavy (non-hydrogen) atoms. The average molecular weight is 318 g/mol. The van der Waals surface area contributed by atoms with E-state index in [2.05, 4.69) is 27.0 Å². The summed E-state index contributed by atoms with van der Waals surface area (Å²) in [7, 11) is 1.70. The molecule has 3 saturated carbocycles. The highest BCUT2D eigenvalue weighted by atomic mass is 16.5. The first-order chi connectivity index (χ1) is 11.2. The molecule has 0 unspecified atom stereocenters. The van der Waals surface area contributed by atoms with E-state index in [-0.39, 0.29) is 0 Å². The molecule has 4 aliphatic rings. The second-order valence-electron chi connectivity index (χ2n) is 7.93. The number of rotatable bonds is 5. The molecule has 0 radical (unpaired) electrons. The minimum atomic E-state index is 0.514. The highest BCUT2D eigenvalue weighted by Crippen LogP contribution is 2.46. The Kier molecular flexibility index (Phi) is 4.41. The van der Waals surface area contributed by atoms with Crippen LogP contribution in [0.3, 0.4) is 0 Å². The number of fused-ring (bicyclic) bond motifs is 4. The van der Waals surface area contributed by atoms with Crippen LogP contribution in [0, 0.1) is 17.8 Å². The van der Waals surface area contributed by atoms with Crippen molar-refractivity contribution < 1.29 is 4.74 Å². The molecule has 1 N–H and O–H groups in total. The Morgan fingerprint density at radius 1 is 1.26 bits per heavy atom. The SMILES string of the molecule is COCc1nc2n(n1)C[C@H](N[C@@H](C)[C@H]1CC3CCC1CC3)CC2. The summed E-state index contributed by atoms with van der Waals surface area (Å²) in [5.41, 5.74) is 0. The molecule has 2 bridgehead atoms. The third kappa shape index (κ3) is 3.18. The number of nitrogens with zero attached hydrogens (tertiary/aromatic N) is 3. The molecule has 1 aromatic heterocycles. The number of hydrogen-bond donors (Lipinski definition) is 1. The first kappa shape index (κ1) is 15.6. The summed E-state index contributed by atoms with van der Waals surface area (Å²) < 4.78 is 7.24. The molecule has 128 valence electrons. The summed E-state index contributed by atoms with van der Waals surface area (Å²) in [5.74, 6) is 4.82. The van der Waals surface area contributed by atoms with E-state index in [1.807, 2.05) is 0 Å². The molecular weight excluding hydrogens is 288 g/mol. The number of hydrogen-bond acceptors (Lipinski definition) is 4. The van der Waals surface area contributed by atoms with Gasteiger partial charge < -0.3 is 10.1 Å². The largest absolute Gasteiger partial charge is 0.377 e. The van der Waals surface area contributed by atoms with Crippen LogP contribution in [0.5, 0.6) is 0 Å². The van der Waals surface area contributed by atoms with Gasteiger partial charge in [-0.3, -0.25) is 0 Å². The second-order valence-corrected chi connectivity index (χ2v) is 7.93. The van der Waals surface area contributed by atoms with Gasteiger partial charge in [-0.05, 0) is 50.4 Å². The summed E-state index contributed by atoms with van der Waals surface area (Å²) in [5, 5.41) is 8.52. The van der Waals surface area contributed by atoms with Crippen LogP contribution in [-0.4, -0.2) is 34.0 Å². The Hall–Kier alpha value is -0.940. The average Bonchev–Trinajstić information content (AvgIpc) is 2.98. The molecule has 5 rings (SSSR count). The minimum absolute atomic E-state index is 0.514. The van der Waals surface area contributed by atoms with E-state index in [1.54, 1.807) is 7.11 Å². The lowest BCUT2D eigenvalue weighted by molar-refractivity contribution is 0.0697. The van der Waals surface area contributed by atoms with Crippen LogP contribution in [0.1, 0.15) is 57.1 Å². The summed E-state index contributed by atoms with van der Waals surface area (Å²) in [6.45, 7) is 3.88. The molecule has 1 aromatic rings. The monoisotopic (exact) mass is 318 g/mol. The Bertz CT molecular complexity index is 535. The molecule has 2 heterocycles. The van der Waals surface area contributed by atoms with Gasteiger partial charge in [0.25, 0.3) is 0 Å². The standard InChI is InChI=1S/C18H30N4O/c1-12(16-9-13-3-5-14(16)6-4-13)19-15-7-8-18-20-17(11-23-2)21-22(18)10-15/h12-16,19H,3-11H2,1-2H3/t12-,13?,14?,15+,16+/m0/s1. The van der Waals surface area contributed by atoms with E-state index in [0.717, 1.165) is 42.4 Å². The molecule has 1 aliphatic heterocycles. The van der Waals surface area contributed by atoms with Gasteiger partial charge in [-0.25, -0.2) is 9.67 Å². The van der Waals surface area contributed by atoms with E-state index >= 15 is 0 Å². The number of methoxy groups -OCH3 is 1. The number of aromatic nitrogens is 3. The lowest BCUT2D eigenvalue weighted by Gasteiger charge is -2.46. The van der Waals surface area contributed by atoms with Crippen molar-refractivity contribution in [3.63, 3.8) is 0 Å². The van der Waals surface area contributed by atoms with Crippen LogP contribution >= 0.6 is 0 Å². The van der Waals surface area contributed by atoms with Crippen LogP contribution in [0.25, 0.3) is 0 Å². The van der Waals surface area contributed by atoms with Crippen LogP contribution < -0.4 is 5.32 Å². The van der Waals surface area contributed by atoms with Gasteiger partial charge in [0.1, 0.15) is 12.4 Å². The van der Waals surface area contributed by atoms with Gasteiger partial charge >= 0.3 is 0 Å². The van der Waals surface area contributed by atoms with E-state index < -0.39 is 0 Å². The molecule has 0 spiro atoms. The van der Waals surface area contributed by atoms with Crippen LogP contribution in [0.15, 0.2) is 0 Å². The third-order valence-corrected chi connectivity index (χ3v) is 6.42. The fourth-order valence-electron chi connectivity index (χ4n) is 5.22. The maximum Gasteiger partial charge on any atom is 0.176 e. The highest BCUT2D eigenvalue weighted by molar-refractivity contribution is 4.99. The Morgan fingerprint density at radius 3 is 2.78 bits per heavy atom. The molecular formula is C18H30N4O. The zero-order valence-electron chi connectivity index (χ0n) is 14.5. The van der Waals surface area contributed by atoms with Crippen LogP contribution in [-0.2, 0) is 24.3 Å². The van der Waals surface area contributed by atoms with Crippen molar-refractivity contribution in [1.82, 2.24) is 20.1 Å². The molecule has 3 atom stereocenters. The lowest BCUT2D eigenvalue weighted by atomic mass is 9.63. The van der Waals surface area contributed by atoms with Crippen molar-refractivity contribution in [2.75, 3.05) is 7.11 Å². The van der Waals surface area contributed by atoms with Gasteiger partial charge in [-0.2, -0.15) is 5.10 Å². The zero-order valence-corrected chi connectivity index (χ0v) is 14.5. The van der Waals surface area contributed by atoms with E-state index in [9.17, 15) is 0 Å². The predicted octanol–water partition coefficient (Wildman–Crippen LogP) is 2.54. The summed E-state index contributed by atoms with van der Waals surface area (Å²) in [6, 6.07) is 1.17. The van der Waals surface area contributed by atoms with Crippen molar-refractivity contribution in [3.8, 4) is 0 Å². The lowest BCUT2D eigenvalue weighted by Crippen LogP contribution is -2.49. The van der Waals surface area contributed by atoms with Crippen molar-refractivity contribution in [1.29, 1.82) is 0 Å². The second kappa shape index (κ2) is 6.52. The smallest absolute Gasteiger partial charge is 0.176 e. The van der Waals surface area contributed by atoms with Gasteiger partial charge in [0.15, 0.2) is 5.82 Å². The summed E-state index contributed by atoms with van der Waals surface area (Å²) in [6.07, 6.45) is 9.58. The molecule has 3 aliphatic carbocycles. The Labute approximate surface area is 139 Å². The maximum atomic E-state index is 5.15. The van der Waals surface area contributed by atoms with Crippen molar-refractivity contribution in [2.45, 2.75) is 77.1 Å². The normalized spacial score (nSPS) is 34.3. The molecule has 0 aromatic carbocycles. The molecule has 3 fully saturated rings. The maximum absolute atomic E-state index is 5.15. The zero-order chi connectivity index (χ0) is 15.8. The number of ether oxygens (including phenoxy) is 1. The highest BCUT2D eigenvalue weighted by Gasteiger charge is 2.38. The fraction of sp³-hybridized carbons (Fsp3) is 0.889. The first-order valence-corrected chi connectivity index (χ1v) is 9.40. The van der Waals surface area contributed by atoms with Gasteiger partial charge in [-0.1, -0.05) is 12.8 Å². The van der Waals surface area contributed by atoms with E-state index in [4.69, 9.17) is 4.74 Å². The quantitative estimate of drug-likeness (QED) is 0.906. The summed E-state index contributed by atoms with van der Waals surface area (Å²) in [4.78, 5) is 4.57. The fourth-order valence-corrected chi connectivity index (χ4v) is 5.22. The van der Waals surface area contributed by atoms with Gasteiger partial charge in [-0.15, -0.1) is 0 Å². The van der Waals surface area contributed by atoms with Crippen molar-refractivity contribution >= 4 is 0 Å². The van der Waals surface area contributed by atoms with Gasteiger partial charge in [0.05, 0.1) is 6.54 Å². The van der Waals surface area contributed by atoms with Crippen molar-refractivity contribution in [2.24, 2.45) is 17.8 Å². The topological polar surface area (TPSA) is 52.0 Å². The van der Waals surface area contributed by atoms with E-state index in [0.29, 0.717) is 18.7 Å². The first-order valence-electron chi connectivity index (χ1n) is 9.40. The molecule has 5 heteroatoms. The van der Waals surface area contributed by atoms with E-state index in [1.165, 1.54) is 38.5 Å². The summed E-state index contributed by atoms with van der Waals surface area (Å²) >= 11 is 0. The predicted molar refractivity (Wildman–Crippen MR) is 89.0 cm³/mol. The third-order valence-electron chi connectivity index (χ3n) is 6.42. The van der Waals surface area contributed by atoms with Crippen LogP contribution in [0.4, 0.5) is 0 Å². The number of nitrogens with one attached hydrogen (secondary N) is 1. The Balaban J connectivity index is 1.36. The molecule has 0 amide bonds. The van der Waals surface area contributed by atoms with Crippen LogP contribution in [0.2, 0.25) is 0 Å². The minimum Gasteiger partial charge on any atom is -0.377 e. The molecule has 0 saturated heterocycles. The van der Waals surface area contributed by atoms with Crippen molar-refractivity contribution in [3.05, 3.63) is 11.6 Å². The van der Waals surface area contributed by atoms with Gasteiger partial charge in [0.2, 0.25) is 0 Å². The molecule has 5 nitrogen and oxygen atoms in total. The Morgan fingerprint density at radius 2 is 2.09 bits per heavy atom. The van der Waals surface area contributed by atoms with Gasteiger partial charge in [0, 0.05) is 25.6 Å².